The van der Waals surface area contributed by atoms with Gasteiger partial charge in [0, 0.05) is 25.0 Å². The van der Waals surface area contributed by atoms with Crippen molar-refractivity contribution in [3.05, 3.63) is 54.4 Å². The van der Waals surface area contributed by atoms with Gasteiger partial charge in [-0.3, -0.25) is 19.7 Å². The first-order valence-corrected chi connectivity index (χ1v) is 7.78. The van der Waals surface area contributed by atoms with E-state index in [9.17, 15) is 9.59 Å². The first kappa shape index (κ1) is 15.1. The molecule has 0 saturated heterocycles. The number of H-pyrrole nitrogens is 1. The number of carbonyl (C=O) groups excluding carboxylic acids is 2. The van der Waals surface area contributed by atoms with Gasteiger partial charge < -0.3 is 10.2 Å². The van der Waals surface area contributed by atoms with Gasteiger partial charge in [0.05, 0.1) is 23.5 Å². The van der Waals surface area contributed by atoms with Gasteiger partial charge in [-0.2, -0.15) is 5.10 Å². The van der Waals surface area contributed by atoms with Crippen LogP contribution in [-0.4, -0.2) is 45.5 Å². The zero-order chi connectivity index (χ0) is 17.4. The molecule has 0 spiro atoms. The lowest BCUT2D eigenvalue weighted by Gasteiger charge is -2.13. The molecule has 1 aliphatic heterocycles. The summed E-state index contributed by atoms with van der Waals surface area (Å²) >= 11 is 0. The van der Waals surface area contributed by atoms with Crippen LogP contribution < -0.4 is 5.32 Å². The average molecular weight is 333 g/mol. The van der Waals surface area contributed by atoms with Crippen LogP contribution >= 0.6 is 0 Å². The number of amides is 2. The Balaban J connectivity index is 1.82. The predicted octanol–water partition coefficient (Wildman–Crippen LogP) is 2.16. The molecule has 124 valence electrons. The minimum Gasteiger partial charge on any atom is -0.332 e. The van der Waals surface area contributed by atoms with Crippen LogP contribution in [0.4, 0.5) is 5.69 Å². The fourth-order valence-electron chi connectivity index (χ4n) is 2.89. The highest BCUT2D eigenvalue weighted by atomic mass is 16.2. The second-order valence-electron chi connectivity index (χ2n) is 5.83. The van der Waals surface area contributed by atoms with E-state index in [1.54, 1.807) is 31.6 Å². The molecule has 1 aromatic carbocycles. The van der Waals surface area contributed by atoms with Gasteiger partial charge in [0.2, 0.25) is 5.91 Å². The highest BCUT2D eigenvalue weighted by molar-refractivity contribution is 6.09. The molecule has 7 nitrogen and oxygen atoms in total. The Bertz CT molecular complexity index is 965. The van der Waals surface area contributed by atoms with Crippen LogP contribution in [0.15, 0.2) is 48.8 Å². The third-order valence-corrected chi connectivity index (χ3v) is 4.11. The van der Waals surface area contributed by atoms with Crippen LogP contribution in [0.5, 0.6) is 0 Å². The summed E-state index contributed by atoms with van der Waals surface area (Å²) in [5, 5.41) is 9.91. The summed E-state index contributed by atoms with van der Waals surface area (Å²) in [6, 6.07) is 11.0. The minimum atomic E-state index is -0.208. The van der Waals surface area contributed by atoms with Gasteiger partial charge in [-0.15, -0.1) is 0 Å². The van der Waals surface area contributed by atoms with Gasteiger partial charge in [-0.1, -0.05) is 12.1 Å². The number of anilines is 1. The molecule has 0 saturated carbocycles. The lowest BCUT2D eigenvalue weighted by atomic mass is 10.0. The second kappa shape index (κ2) is 5.86. The summed E-state index contributed by atoms with van der Waals surface area (Å²) in [6.07, 6.45) is 3.48. The zero-order valence-corrected chi connectivity index (χ0v) is 13.5. The summed E-state index contributed by atoms with van der Waals surface area (Å²) in [5.41, 5.74) is 4.09. The van der Waals surface area contributed by atoms with Gasteiger partial charge in [-0.05, 0) is 29.8 Å². The number of nitrogens with zero attached hydrogens (tertiary/aromatic N) is 3. The summed E-state index contributed by atoms with van der Waals surface area (Å²) < 4.78 is 0. The van der Waals surface area contributed by atoms with Crippen molar-refractivity contribution in [2.45, 2.75) is 0 Å². The van der Waals surface area contributed by atoms with Gasteiger partial charge in [0.15, 0.2) is 0 Å². The van der Waals surface area contributed by atoms with Gasteiger partial charge in [0.25, 0.3) is 5.91 Å². The fourth-order valence-corrected chi connectivity index (χ4v) is 2.89. The quantitative estimate of drug-likeness (QED) is 0.752. The molecule has 2 aromatic heterocycles. The average Bonchev–Trinajstić information content (AvgIpc) is 3.08. The van der Waals surface area contributed by atoms with Gasteiger partial charge in [-0.25, -0.2) is 0 Å². The fraction of sp³-hybridized carbons (Fsp3) is 0.111. The number of carbonyl (C=O) groups is 2. The van der Waals surface area contributed by atoms with Crippen LogP contribution in [0, 0.1) is 0 Å². The van der Waals surface area contributed by atoms with Crippen molar-refractivity contribution in [1.82, 2.24) is 20.1 Å². The summed E-state index contributed by atoms with van der Waals surface area (Å²) in [4.78, 5) is 30.1. The molecule has 2 N–H and O–H groups in total. The molecule has 0 aliphatic carbocycles. The summed E-state index contributed by atoms with van der Waals surface area (Å²) in [6.45, 7) is 0.0355. The summed E-state index contributed by atoms with van der Waals surface area (Å²) in [7, 11) is 1.61. The Hall–Kier alpha value is -3.48. The minimum absolute atomic E-state index is 0.0355. The maximum absolute atomic E-state index is 12.6. The Labute approximate surface area is 143 Å². The maximum Gasteiger partial charge on any atom is 0.256 e. The van der Waals surface area contributed by atoms with Crippen LogP contribution in [0.2, 0.25) is 0 Å². The Morgan fingerprint density at radius 2 is 2.00 bits per heavy atom. The van der Waals surface area contributed by atoms with Gasteiger partial charge in [0.1, 0.15) is 5.69 Å². The number of nitrogens with one attached hydrogen (secondary N) is 2. The molecule has 0 bridgehead atoms. The van der Waals surface area contributed by atoms with Crippen LogP contribution in [0.1, 0.15) is 10.4 Å². The number of hydrogen-bond acceptors (Lipinski definition) is 4. The number of aromatic nitrogens is 3. The highest BCUT2D eigenvalue weighted by Gasteiger charge is 2.24. The van der Waals surface area contributed by atoms with E-state index in [0.717, 1.165) is 16.8 Å². The first-order chi connectivity index (χ1) is 12.1. The Morgan fingerprint density at radius 1 is 1.12 bits per heavy atom. The third kappa shape index (κ3) is 2.65. The SMILES string of the molecule is CN1CC(=O)Nc2ccc(-c3c[nH]nc3-c3ccccn3)cc2C1=O. The first-order valence-electron chi connectivity index (χ1n) is 7.78. The number of pyridine rings is 1. The molecule has 0 unspecified atom stereocenters. The van der Waals surface area contributed by atoms with Crippen molar-refractivity contribution < 1.29 is 9.59 Å². The molecular weight excluding hydrogens is 318 g/mol. The van der Waals surface area contributed by atoms with E-state index in [1.807, 2.05) is 24.3 Å². The molecular formula is C18H15N5O2. The monoisotopic (exact) mass is 333 g/mol. The van der Waals surface area contributed by atoms with Crippen molar-refractivity contribution >= 4 is 17.5 Å². The Kier molecular flexibility index (Phi) is 3.53. The predicted molar refractivity (Wildman–Crippen MR) is 92.8 cm³/mol. The Morgan fingerprint density at radius 3 is 2.80 bits per heavy atom. The molecule has 0 fully saturated rings. The molecule has 3 heterocycles. The highest BCUT2D eigenvalue weighted by Crippen LogP contribution is 2.32. The van der Waals surface area contributed by atoms with Crippen LogP contribution in [0.25, 0.3) is 22.5 Å². The third-order valence-electron chi connectivity index (χ3n) is 4.11. The lowest BCUT2D eigenvalue weighted by Crippen LogP contribution is -2.31. The molecule has 0 radical (unpaired) electrons. The molecule has 7 heteroatoms. The van der Waals surface area contributed by atoms with E-state index in [-0.39, 0.29) is 18.4 Å². The standard InChI is InChI=1S/C18H15N5O2/c1-23-10-16(24)21-14-6-5-11(8-12(14)18(23)25)13-9-20-22-17(13)15-4-2-3-7-19-15/h2-9H,10H2,1H3,(H,20,22)(H,21,24). The van der Waals surface area contributed by atoms with Crippen molar-refractivity contribution in [3.8, 4) is 22.5 Å². The molecule has 4 rings (SSSR count). The number of aromatic amines is 1. The van der Waals surface area contributed by atoms with Crippen LogP contribution in [-0.2, 0) is 4.79 Å². The van der Waals surface area contributed by atoms with Gasteiger partial charge >= 0.3 is 0 Å². The van der Waals surface area contributed by atoms with Crippen molar-refractivity contribution in [2.75, 3.05) is 18.9 Å². The number of hydrogen-bond donors (Lipinski definition) is 2. The smallest absolute Gasteiger partial charge is 0.256 e. The van der Waals surface area contributed by atoms with E-state index in [2.05, 4.69) is 20.5 Å². The van der Waals surface area contributed by atoms with Crippen molar-refractivity contribution in [2.24, 2.45) is 0 Å². The number of rotatable bonds is 2. The topological polar surface area (TPSA) is 91.0 Å². The molecule has 3 aromatic rings. The van der Waals surface area contributed by atoms with E-state index in [4.69, 9.17) is 0 Å². The largest absolute Gasteiger partial charge is 0.332 e. The number of likely N-dealkylation sites (N-methyl/N-ethyl adjacent to an activating group) is 1. The number of fused-ring (bicyclic) bond motifs is 1. The molecule has 2 amide bonds. The zero-order valence-electron chi connectivity index (χ0n) is 13.5. The van der Waals surface area contributed by atoms with Crippen molar-refractivity contribution in [3.63, 3.8) is 0 Å². The van der Waals surface area contributed by atoms with E-state index >= 15 is 0 Å². The van der Waals surface area contributed by atoms with E-state index < -0.39 is 0 Å². The van der Waals surface area contributed by atoms with Crippen molar-refractivity contribution in [1.29, 1.82) is 0 Å². The molecule has 1 aliphatic rings. The van der Waals surface area contributed by atoms with Crippen LogP contribution in [0.3, 0.4) is 0 Å². The lowest BCUT2D eigenvalue weighted by molar-refractivity contribution is -0.116. The van der Waals surface area contributed by atoms with E-state index in [0.29, 0.717) is 16.9 Å². The maximum atomic E-state index is 12.6. The summed E-state index contributed by atoms with van der Waals surface area (Å²) in [5.74, 6) is -0.405. The normalized spacial score (nSPS) is 14.0. The molecule has 0 atom stereocenters. The second-order valence-corrected chi connectivity index (χ2v) is 5.83. The van der Waals surface area contributed by atoms with E-state index in [1.165, 1.54) is 4.90 Å². The molecule has 25 heavy (non-hydrogen) atoms. The number of benzene rings is 1.